The molecular formula is C26H46N2O2. The molecule has 0 aromatic carbocycles. The van der Waals surface area contributed by atoms with Crippen LogP contribution in [-0.4, -0.2) is 47.7 Å². The Bertz CT molecular complexity index is 547. The normalized spacial score (nSPS) is 38.4. The van der Waals surface area contributed by atoms with Crippen molar-refractivity contribution < 1.29 is 9.90 Å². The third-order valence-electron chi connectivity index (χ3n) is 9.41. The summed E-state index contributed by atoms with van der Waals surface area (Å²) in [6.45, 7) is 1.33. The molecule has 0 radical (unpaired) electrons. The minimum Gasteiger partial charge on any atom is -0.481 e. The zero-order chi connectivity index (χ0) is 20.9. The van der Waals surface area contributed by atoms with E-state index in [2.05, 4.69) is 17.3 Å². The maximum atomic E-state index is 11.1. The Hall–Kier alpha value is -0.610. The van der Waals surface area contributed by atoms with E-state index in [1.165, 1.54) is 96.4 Å². The molecule has 6 atom stereocenters. The summed E-state index contributed by atoms with van der Waals surface area (Å²) >= 11 is 0. The van der Waals surface area contributed by atoms with Gasteiger partial charge in [-0.25, -0.2) is 0 Å². The molecule has 0 spiro atoms. The first kappa shape index (κ1) is 22.6. The molecule has 2 N–H and O–H groups in total. The summed E-state index contributed by atoms with van der Waals surface area (Å²) in [4.78, 5) is 14.1. The van der Waals surface area contributed by atoms with Crippen LogP contribution < -0.4 is 5.32 Å². The van der Waals surface area contributed by atoms with Crippen LogP contribution in [0.2, 0.25) is 0 Å². The van der Waals surface area contributed by atoms with Gasteiger partial charge in [-0.15, -0.1) is 0 Å². The van der Waals surface area contributed by atoms with Gasteiger partial charge < -0.3 is 10.4 Å². The molecule has 4 rings (SSSR count). The number of carboxylic acids is 1. The SMILES string of the molecule is CNC1CCCC(N2CC(CCC3CCCCC3)C3CC(CCC(=O)O)CC[C@H]32)C1. The van der Waals surface area contributed by atoms with Crippen molar-refractivity contribution in [1.29, 1.82) is 0 Å². The average molecular weight is 419 g/mol. The van der Waals surface area contributed by atoms with Crippen LogP contribution in [0.4, 0.5) is 0 Å². The van der Waals surface area contributed by atoms with E-state index in [0.717, 1.165) is 36.3 Å². The first-order valence-corrected chi connectivity index (χ1v) is 13.3. The van der Waals surface area contributed by atoms with Gasteiger partial charge in [0.05, 0.1) is 0 Å². The number of likely N-dealkylation sites (tertiary alicyclic amines) is 1. The van der Waals surface area contributed by atoms with E-state index in [0.29, 0.717) is 18.4 Å². The van der Waals surface area contributed by atoms with Crippen molar-refractivity contribution in [1.82, 2.24) is 10.2 Å². The van der Waals surface area contributed by atoms with Crippen LogP contribution >= 0.6 is 0 Å². The van der Waals surface area contributed by atoms with Gasteiger partial charge >= 0.3 is 5.97 Å². The van der Waals surface area contributed by atoms with E-state index >= 15 is 0 Å². The number of aliphatic carboxylic acids is 1. The minimum atomic E-state index is -0.612. The number of carboxylic acid groups (broad SMARTS) is 1. The lowest BCUT2D eigenvalue weighted by Gasteiger charge is -2.42. The number of hydrogen-bond donors (Lipinski definition) is 2. The van der Waals surface area contributed by atoms with Crippen molar-refractivity contribution in [2.45, 2.75) is 121 Å². The summed E-state index contributed by atoms with van der Waals surface area (Å²) in [5.74, 6) is 2.71. The molecule has 1 heterocycles. The van der Waals surface area contributed by atoms with Gasteiger partial charge in [-0.3, -0.25) is 9.69 Å². The topological polar surface area (TPSA) is 52.6 Å². The van der Waals surface area contributed by atoms with Crippen molar-refractivity contribution in [2.75, 3.05) is 13.6 Å². The lowest BCUT2D eigenvalue weighted by molar-refractivity contribution is -0.137. The maximum Gasteiger partial charge on any atom is 0.303 e. The Morgan fingerprint density at radius 2 is 1.73 bits per heavy atom. The molecule has 30 heavy (non-hydrogen) atoms. The number of carbonyl (C=O) groups is 1. The Balaban J connectivity index is 1.40. The molecule has 172 valence electrons. The molecule has 5 unspecified atom stereocenters. The molecule has 4 aliphatic rings. The number of rotatable bonds is 8. The van der Waals surface area contributed by atoms with E-state index in [-0.39, 0.29) is 0 Å². The van der Waals surface area contributed by atoms with Crippen LogP contribution in [0.5, 0.6) is 0 Å². The second-order valence-electron chi connectivity index (χ2n) is 11.2. The Morgan fingerprint density at radius 1 is 0.900 bits per heavy atom. The molecular weight excluding hydrogens is 372 g/mol. The number of nitrogens with zero attached hydrogens (tertiary/aromatic N) is 1. The standard InChI is InChI=1S/C26H46N2O2/c1-27-22-8-5-9-23(17-22)28-18-21(13-10-19-6-3-2-4-7-19)24-16-20(11-14-25(24)28)12-15-26(29)30/h19-25,27H,2-18H2,1H3,(H,29,30)/t20?,21?,22?,23?,24?,25-/m1/s1. The van der Waals surface area contributed by atoms with Crippen molar-refractivity contribution >= 4 is 5.97 Å². The van der Waals surface area contributed by atoms with Crippen LogP contribution in [0.3, 0.4) is 0 Å². The van der Waals surface area contributed by atoms with E-state index in [4.69, 9.17) is 5.11 Å². The summed E-state index contributed by atoms with van der Waals surface area (Å²) in [5, 5.41) is 12.7. The van der Waals surface area contributed by atoms with Crippen molar-refractivity contribution in [3.8, 4) is 0 Å². The predicted molar refractivity (Wildman–Crippen MR) is 123 cm³/mol. The first-order chi connectivity index (χ1) is 14.6. The van der Waals surface area contributed by atoms with Gasteiger partial charge in [-0.1, -0.05) is 44.9 Å². The smallest absolute Gasteiger partial charge is 0.303 e. The fourth-order valence-electron chi connectivity index (χ4n) is 7.71. The highest BCUT2D eigenvalue weighted by molar-refractivity contribution is 5.66. The fourth-order valence-corrected chi connectivity index (χ4v) is 7.71. The minimum absolute atomic E-state index is 0.366. The first-order valence-electron chi connectivity index (χ1n) is 13.3. The van der Waals surface area contributed by atoms with Gasteiger partial charge in [0.2, 0.25) is 0 Å². The second kappa shape index (κ2) is 10.8. The Morgan fingerprint density at radius 3 is 2.50 bits per heavy atom. The number of nitrogens with one attached hydrogen (secondary N) is 1. The maximum absolute atomic E-state index is 11.1. The molecule has 4 nitrogen and oxygen atoms in total. The van der Waals surface area contributed by atoms with Crippen LogP contribution in [0.25, 0.3) is 0 Å². The van der Waals surface area contributed by atoms with Crippen LogP contribution in [0.15, 0.2) is 0 Å². The van der Waals surface area contributed by atoms with E-state index in [1.807, 2.05) is 0 Å². The molecule has 0 aromatic rings. The van der Waals surface area contributed by atoms with Crippen molar-refractivity contribution in [2.24, 2.45) is 23.7 Å². The average Bonchev–Trinajstić information content (AvgIpc) is 3.15. The lowest BCUT2D eigenvalue weighted by Crippen LogP contribution is -2.47. The molecule has 3 saturated carbocycles. The molecule has 1 aliphatic heterocycles. The van der Waals surface area contributed by atoms with Gasteiger partial charge in [0.1, 0.15) is 0 Å². The summed E-state index contributed by atoms with van der Waals surface area (Å²) in [7, 11) is 2.14. The van der Waals surface area contributed by atoms with Crippen LogP contribution in [0, 0.1) is 23.7 Å². The Labute approximate surface area is 184 Å². The van der Waals surface area contributed by atoms with Gasteiger partial charge in [0.15, 0.2) is 0 Å². The number of hydrogen-bond acceptors (Lipinski definition) is 3. The van der Waals surface area contributed by atoms with Crippen LogP contribution in [-0.2, 0) is 4.79 Å². The van der Waals surface area contributed by atoms with E-state index < -0.39 is 5.97 Å². The van der Waals surface area contributed by atoms with Gasteiger partial charge in [-0.2, -0.15) is 0 Å². The predicted octanol–water partition coefficient (Wildman–Crippen LogP) is 5.46. The van der Waals surface area contributed by atoms with E-state index in [1.54, 1.807) is 0 Å². The highest BCUT2D eigenvalue weighted by atomic mass is 16.4. The van der Waals surface area contributed by atoms with Crippen molar-refractivity contribution in [3.63, 3.8) is 0 Å². The third kappa shape index (κ3) is 5.59. The van der Waals surface area contributed by atoms with E-state index in [9.17, 15) is 4.79 Å². The highest BCUT2D eigenvalue weighted by Crippen LogP contribution is 2.47. The van der Waals surface area contributed by atoms with Crippen LogP contribution in [0.1, 0.15) is 103 Å². The zero-order valence-electron chi connectivity index (χ0n) is 19.4. The molecule has 0 bridgehead atoms. The quantitative estimate of drug-likeness (QED) is 0.550. The summed E-state index contributed by atoms with van der Waals surface area (Å²) in [6.07, 6.45) is 20.8. The molecule has 4 fully saturated rings. The van der Waals surface area contributed by atoms with Gasteiger partial charge in [-0.05, 0) is 82.1 Å². The molecule has 0 amide bonds. The Kier molecular flexibility index (Phi) is 8.14. The molecule has 0 aromatic heterocycles. The summed E-state index contributed by atoms with van der Waals surface area (Å²) in [5.41, 5.74) is 0. The second-order valence-corrected chi connectivity index (χ2v) is 11.2. The van der Waals surface area contributed by atoms with Gasteiger partial charge in [0, 0.05) is 31.1 Å². The summed E-state index contributed by atoms with van der Waals surface area (Å²) in [6, 6.07) is 2.26. The molecule has 1 saturated heterocycles. The monoisotopic (exact) mass is 418 g/mol. The fraction of sp³-hybridized carbons (Fsp3) is 0.962. The zero-order valence-corrected chi connectivity index (χ0v) is 19.4. The van der Waals surface area contributed by atoms with Crippen molar-refractivity contribution in [3.05, 3.63) is 0 Å². The highest BCUT2D eigenvalue weighted by Gasteiger charge is 2.47. The molecule has 3 aliphatic carbocycles. The number of fused-ring (bicyclic) bond motifs is 1. The van der Waals surface area contributed by atoms with Gasteiger partial charge in [0.25, 0.3) is 0 Å². The third-order valence-corrected chi connectivity index (χ3v) is 9.41. The lowest BCUT2D eigenvalue weighted by atomic mass is 9.71. The largest absolute Gasteiger partial charge is 0.481 e. The molecule has 4 heteroatoms. The summed E-state index contributed by atoms with van der Waals surface area (Å²) < 4.78 is 0.